The van der Waals surface area contributed by atoms with Crippen molar-refractivity contribution in [1.29, 1.82) is 0 Å². The smallest absolute Gasteiger partial charge is 0.186 e. The van der Waals surface area contributed by atoms with Crippen LogP contribution in [0.15, 0.2) is 54.6 Å². The van der Waals surface area contributed by atoms with E-state index in [0.717, 1.165) is 33.0 Å². The average Bonchev–Trinajstić information content (AvgIpc) is 2.64. The molecule has 0 saturated heterocycles. The van der Waals surface area contributed by atoms with E-state index in [-0.39, 0.29) is 12.4 Å². The largest absolute Gasteiger partial charge is 0.496 e. The van der Waals surface area contributed by atoms with E-state index in [2.05, 4.69) is 0 Å². The first-order valence-electron chi connectivity index (χ1n) is 7.80. The third-order valence-corrected chi connectivity index (χ3v) is 4.49. The Balaban J connectivity index is 2.24. The number of methoxy groups -OCH3 is 1. The van der Waals surface area contributed by atoms with Crippen molar-refractivity contribution in [1.82, 2.24) is 0 Å². The van der Waals surface area contributed by atoms with Crippen LogP contribution in [0.4, 0.5) is 0 Å². The normalized spacial score (nSPS) is 12.7. The van der Waals surface area contributed by atoms with Crippen LogP contribution in [0.3, 0.4) is 0 Å². The van der Waals surface area contributed by atoms with E-state index < -0.39 is 0 Å². The molecule has 0 aliphatic heterocycles. The van der Waals surface area contributed by atoms with E-state index in [9.17, 15) is 9.90 Å². The van der Waals surface area contributed by atoms with Gasteiger partial charge < -0.3 is 9.84 Å². The van der Waals surface area contributed by atoms with Crippen LogP contribution >= 0.6 is 0 Å². The number of aliphatic hydroxyl groups excluding tert-OH is 1. The summed E-state index contributed by atoms with van der Waals surface area (Å²) < 4.78 is 5.59. The van der Waals surface area contributed by atoms with E-state index in [1.165, 1.54) is 0 Å². The first-order chi connectivity index (χ1) is 11.7. The molecule has 3 aromatic rings. The van der Waals surface area contributed by atoms with Crippen molar-refractivity contribution in [3.63, 3.8) is 0 Å². The van der Waals surface area contributed by atoms with Gasteiger partial charge in [-0.2, -0.15) is 0 Å². The monoisotopic (exact) mass is 316 g/mol. The number of allylic oxidation sites excluding steroid dienone is 1. The molecule has 0 radical (unpaired) electrons. The van der Waals surface area contributed by atoms with Gasteiger partial charge in [-0.3, -0.25) is 4.79 Å². The van der Waals surface area contributed by atoms with Crippen molar-refractivity contribution in [3.8, 4) is 16.9 Å². The molecule has 0 unspecified atom stereocenters. The van der Waals surface area contributed by atoms with E-state index in [4.69, 9.17) is 4.74 Å². The van der Waals surface area contributed by atoms with Crippen LogP contribution in [-0.4, -0.2) is 18.0 Å². The summed E-state index contributed by atoms with van der Waals surface area (Å²) in [5.41, 5.74) is 4.24. The van der Waals surface area contributed by atoms with Gasteiger partial charge in [-0.05, 0) is 40.5 Å². The molecule has 1 N–H and O–H groups in total. The minimum absolute atomic E-state index is 0.0462. The fourth-order valence-electron chi connectivity index (χ4n) is 3.43. The van der Waals surface area contributed by atoms with Gasteiger partial charge in [-0.15, -0.1) is 0 Å². The Morgan fingerprint density at radius 2 is 1.79 bits per heavy atom. The zero-order valence-corrected chi connectivity index (χ0v) is 13.2. The number of carbonyl (C=O) groups is 1. The Kier molecular flexibility index (Phi) is 3.44. The molecular formula is C21H16O3. The maximum absolute atomic E-state index is 12.4. The minimum atomic E-state index is -0.141. The molecule has 3 heteroatoms. The van der Waals surface area contributed by atoms with Gasteiger partial charge in [0.1, 0.15) is 5.75 Å². The van der Waals surface area contributed by atoms with Crippen molar-refractivity contribution in [2.24, 2.45) is 0 Å². The summed E-state index contributed by atoms with van der Waals surface area (Å²) in [6.45, 7) is -0.141. The van der Waals surface area contributed by atoms with Crippen LogP contribution in [0.2, 0.25) is 0 Å². The molecule has 0 atom stereocenters. The zero-order chi connectivity index (χ0) is 16.7. The lowest BCUT2D eigenvalue weighted by Gasteiger charge is -2.20. The van der Waals surface area contributed by atoms with Gasteiger partial charge in [-0.1, -0.05) is 42.5 Å². The molecule has 24 heavy (non-hydrogen) atoms. The number of hydrogen-bond acceptors (Lipinski definition) is 3. The second kappa shape index (κ2) is 5.62. The van der Waals surface area contributed by atoms with E-state index >= 15 is 0 Å². The summed E-state index contributed by atoms with van der Waals surface area (Å²) in [5, 5.41) is 11.7. The first-order valence-corrected chi connectivity index (χ1v) is 7.80. The van der Waals surface area contributed by atoms with Crippen molar-refractivity contribution in [2.45, 2.75) is 6.61 Å². The van der Waals surface area contributed by atoms with Gasteiger partial charge in [0, 0.05) is 16.3 Å². The Morgan fingerprint density at radius 3 is 2.50 bits per heavy atom. The van der Waals surface area contributed by atoms with Crippen molar-refractivity contribution < 1.29 is 14.6 Å². The van der Waals surface area contributed by atoms with Gasteiger partial charge in [-0.25, -0.2) is 0 Å². The van der Waals surface area contributed by atoms with E-state index in [1.807, 2.05) is 48.5 Å². The zero-order valence-electron chi connectivity index (χ0n) is 13.2. The molecule has 3 nitrogen and oxygen atoms in total. The molecule has 1 aliphatic rings. The predicted molar refractivity (Wildman–Crippen MR) is 95.2 cm³/mol. The molecule has 0 fully saturated rings. The van der Waals surface area contributed by atoms with Gasteiger partial charge in [0.05, 0.1) is 13.7 Å². The molecule has 0 amide bonds. The highest BCUT2D eigenvalue weighted by Gasteiger charge is 2.23. The number of benzene rings is 3. The Bertz CT molecular complexity index is 985. The summed E-state index contributed by atoms with van der Waals surface area (Å²) in [7, 11) is 1.62. The number of rotatable bonds is 3. The number of aliphatic hydroxyl groups is 1. The quantitative estimate of drug-likeness (QED) is 0.787. The summed E-state index contributed by atoms with van der Waals surface area (Å²) in [6.07, 6.45) is 3.41. The molecule has 1 aliphatic carbocycles. The predicted octanol–water partition coefficient (Wildman–Crippen LogP) is 4.22. The van der Waals surface area contributed by atoms with Crippen LogP contribution in [0, 0.1) is 0 Å². The Labute approximate surface area is 139 Å². The topological polar surface area (TPSA) is 46.5 Å². The van der Waals surface area contributed by atoms with Crippen LogP contribution in [0.5, 0.6) is 5.75 Å². The number of hydrogen-bond donors (Lipinski definition) is 1. The molecule has 0 heterocycles. The molecule has 0 spiro atoms. The highest BCUT2D eigenvalue weighted by molar-refractivity contribution is 6.23. The molecular weight excluding hydrogens is 300 g/mol. The minimum Gasteiger partial charge on any atom is -0.496 e. The summed E-state index contributed by atoms with van der Waals surface area (Å²) in [4.78, 5) is 12.4. The molecule has 0 saturated carbocycles. The Hall–Kier alpha value is -2.91. The van der Waals surface area contributed by atoms with Crippen LogP contribution < -0.4 is 4.74 Å². The van der Waals surface area contributed by atoms with E-state index in [0.29, 0.717) is 11.3 Å². The van der Waals surface area contributed by atoms with E-state index in [1.54, 1.807) is 19.3 Å². The van der Waals surface area contributed by atoms with Crippen molar-refractivity contribution in [3.05, 3.63) is 71.3 Å². The third-order valence-electron chi connectivity index (χ3n) is 4.49. The molecule has 3 aromatic carbocycles. The second-order valence-electron chi connectivity index (χ2n) is 5.79. The summed E-state index contributed by atoms with van der Waals surface area (Å²) >= 11 is 0. The van der Waals surface area contributed by atoms with Crippen LogP contribution in [0.1, 0.15) is 21.5 Å². The fraction of sp³-hybridized carbons (Fsp3) is 0.0952. The number of carbonyl (C=O) groups excluding carboxylic acids is 1. The SMILES string of the molecule is COc1ccc2c3c(cc(CO)c(-c4ccccc4)c13)C(=O)C=C2. The lowest BCUT2D eigenvalue weighted by atomic mass is 9.84. The highest BCUT2D eigenvalue weighted by atomic mass is 16.5. The molecule has 0 bridgehead atoms. The number of ether oxygens (including phenoxy) is 1. The first kappa shape index (κ1) is 14.7. The highest BCUT2D eigenvalue weighted by Crippen LogP contribution is 2.43. The lowest BCUT2D eigenvalue weighted by Crippen LogP contribution is -2.06. The molecule has 118 valence electrons. The van der Waals surface area contributed by atoms with Crippen molar-refractivity contribution in [2.75, 3.05) is 7.11 Å². The Morgan fingerprint density at radius 1 is 1.00 bits per heavy atom. The second-order valence-corrected chi connectivity index (χ2v) is 5.79. The summed E-state index contributed by atoms with van der Waals surface area (Å²) in [5.74, 6) is 0.655. The fourth-order valence-corrected chi connectivity index (χ4v) is 3.43. The standard InChI is InChI=1S/C21H16O3/c1-24-18-10-8-14-7-9-17(23)16-11-15(12-22)19(21(18)20(14)16)13-5-3-2-4-6-13/h2-11,22H,12H2,1H3. The number of ketones is 1. The van der Waals surface area contributed by atoms with Crippen LogP contribution in [0.25, 0.3) is 28.0 Å². The maximum Gasteiger partial charge on any atom is 0.186 e. The average molecular weight is 316 g/mol. The van der Waals surface area contributed by atoms with Gasteiger partial charge in [0.15, 0.2) is 5.78 Å². The van der Waals surface area contributed by atoms with Gasteiger partial charge >= 0.3 is 0 Å². The lowest BCUT2D eigenvalue weighted by molar-refractivity contribution is 0.104. The third kappa shape index (κ3) is 2.06. The van der Waals surface area contributed by atoms with Gasteiger partial charge in [0.25, 0.3) is 0 Å². The van der Waals surface area contributed by atoms with Crippen molar-refractivity contribution >= 4 is 22.6 Å². The maximum atomic E-state index is 12.4. The summed E-state index contributed by atoms with van der Waals surface area (Å²) in [6, 6.07) is 15.6. The van der Waals surface area contributed by atoms with Gasteiger partial charge in [0.2, 0.25) is 0 Å². The van der Waals surface area contributed by atoms with Crippen LogP contribution in [-0.2, 0) is 6.61 Å². The molecule has 4 rings (SSSR count). The molecule has 0 aromatic heterocycles.